The lowest BCUT2D eigenvalue weighted by Crippen LogP contribution is -2.00. The first-order valence-electron chi connectivity index (χ1n) is 6.25. The molecule has 0 radical (unpaired) electrons. The summed E-state index contributed by atoms with van der Waals surface area (Å²) in [4.78, 5) is 0. The van der Waals surface area contributed by atoms with Crippen LogP contribution in [-0.4, -0.2) is 4.57 Å². The maximum atomic E-state index is 2.33. The zero-order valence-electron chi connectivity index (χ0n) is 10.8. The minimum absolute atomic E-state index is 1.14. The zero-order chi connectivity index (χ0) is 11.7. The summed E-state index contributed by atoms with van der Waals surface area (Å²) in [6, 6.07) is 4.55. The van der Waals surface area contributed by atoms with E-state index in [0.29, 0.717) is 0 Å². The summed E-state index contributed by atoms with van der Waals surface area (Å²) < 4.78 is 2.26. The van der Waals surface area contributed by atoms with E-state index in [-0.39, 0.29) is 0 Å². The molecule has 1 nitrogen and oxygen atoms in total. The highest BCUT2D eigenvalue weighted by molar-refractivity contribution is 5.85. The number of aryl methyl sites for hydroxylation is 3. The quantitative estimate of drug-likeness (QED) is 0.729. The number of nitrogens with zero attached hydrogens (tertiary/aromatic N) is 1. The summed E-state index contributed by atoms with van der Waals surface area (Å²) in [5.74, 6) is 0. The van der Waals surface area contributed by atoms with Gasteiger partial charge in [0.2, 0.25) is 0 Å². The Bertz CT molecular complexity index is 506. The highest BCUT2D eigenvalue weighted by atomic mass is 14.9. The third-order valence-corrected chi connectivity index (χ3v) is 3.46. The standard InChI is InChI=1S/C15H21N/c1-5-7-14-13(6-2)11(3)10-12-8-9-16(4)15(12)14/h8-10H,5-7H2,1-4H3. The maximum absolute atomic E-state index is 2.33. The number of fused-ring (bicyclic) bond motifs is 1. The Morgan fingerprint density at radius 1 is 1.19 bits per heavy atom. The Morgan fingerprint density at radius 2 is 1.94 bits per heavy atom. The van der Waals surface area contributed by atoms with Crippen molar-refractivity contribution < 1.29 is 0 Å². The molecule has 0 unspecified atom stereocenters. The highest BCUT2D eigenvalue weighted by Crippen LogP contribution is 2.27. The van der Waals surface area contributed by atoms with Crippen LogP contribution in [0.2, 0.25) is 0 Å². The molecule has 0 saturated heterocycles. The van der Waals surface area contributed by atoms with Gasteiger partial charge in [-0.2, -0.15) is 0 Å². The fraction of sp³-hybridized carbons (Fsp3) is 0.467. The molecule has 1 heterocycles. The highest BCUT2D eigenvalue weighted by Gasteiger charge is 2.11. The summed E-state index contributed by atoms with van der Waals surface area (Å²) in [5.41, 5.74) is 6.00. The molecule has 2 aromatic rings. The van der Waals surface area contributed by atoms with Gasteiger partial charge in [0.25, 0.3) is 0 Å². The first kappa shape index (κ1) is 11.3. The van der Waals surface area contributed by atoms with E-state index in [0.717, 1.165) is 6.42 Å². The summed E-state index contributed by atoms with van der Waals surface area (Å²) in [6.45, 7) is 6.76. The lowest BCUT2D eigenvalue weighted by molar-refractivity contribution is 0.881. The predicted octanol–water partition coefficient (Wildman–Crippen LogP) is 4.00. The van der Waals surface area contributed by atoms with Gasteiger partial charge < -0.3 is 4.57 Å². The molecule has 86 valence electrons. The fourth-order valence-corrected chi connectivity index (χ4v) is 2.77. The van der Waals surface area contributed by atoms with E-state index < -0.39 is 0 Å². The van der Waals surface area contributed by atoms with E-state index in [1.807, 2.05) is 0 Å². The number of hydrogen-bond acceptors (Lipinski definition) is 0. The number of benzene rings is 1. The van der Waals surface area contributed by atoms with Crippen molar-refractivity contribution in [2.45, 2.75) is 40.0 Å². The van der Waals surface area contributed by atoms with E-state index >= 15 is 0 Å². The summed E-state index contributed by atoms with van der Waals surface area (Å²) in [6.07, 6.45) is 5.72. The van der Waals surface area contributed by atoms with Gasteiger partial charge in [0.1, 0.15) is 0 Å². The van der Waals surface area contributed by atoms with Gasteiger partial charge in [0.05, 0.1) is 5.52 Å². The average molecular weight is 215 g/mol. The van der Waals surface area contributed by atoms with Crippen molar-refractivity contribution in [2.24, 2.45) is 7.05 Å². The van der Waals surface area contributed by atoms with Crippen molar-refractivity contribution in [3.63, 3.8) is 0 Å². The van der Waals surface area contributed by atoms with Gasteiger partial charge in [-0.15, -0.1) is 0 Å². The topological polar surface area (TPSA) is 4.93 Å². The number of rotatable bonds is 3. The molecule has 0 atom stereocenters. The van der Waals surface area contributed by atoms with Crippen molar-refractivity contribution in [1.29, 1.82) is 0 Å². The molecule has 1 aromatic carbocycles. The van der Waals surface area contributed by atoms with Crippen molar-refractivity contribution >= 4 is 10.9 Å². The van der Waals surface area contributed by atoms with Gasteiger partial charge in [-0.3, -0.25) is 0 Å². The third kappa shape index (κ3) is 1.64. The molecule has 0 aliphatic heterocycles. The molecule has 1 heteroatoms. The smallest absolute Gasteiger partial charge is 0.0513 e. The fourth-order valence-electron chi connectivity index (χ4n) is 2.77. The normalized spacial score (nSPS) is 11.2. The van der Waals surface area contributed by atoms with Gasteiger partial charge in [-0.1, -0.05) is 20.3 Å². The molecule has 0 bridgehead atoms. The van der Waals surface area contributed by atoms with Crippen LogP contribution in [0.1, 0.15) is 37.0 Å². The second kappa shape index (κ2) is 4.32. The van der Waals surface area contributed by atoms with E-state index in [4.69, 9.17) is 0 Å². The van der Waals surface area contributed by atoms with Crippen LogP contribution < -0.4 is 0 Å². The number of aromatic nitrogens is 1. The molecule has 0 fully saturated rings. The Hall–Kier alpha value is -1.24. The van der Waals surface area contributed by atoms with Gasteiger partial charge in [0, 0.05) is 18.6 Å². The third-order valence-electron chi connectivity index (χ3n) is 3.46. The lowest BCUT2D eigenvalue weighted by atomic mass is 9.94. The minimum Gasteiger partial charge on any atom is -0.350 e. The van der Waals surface area contributed by atoms with E-state index in [9.17, 15) is 0 Å². The summed E-state index contributed by atoms with van der Waals surface area (Å²) >= 11 is 0. The van der Waals surface area contributed by atoms with Gasteiger partial charge >= 0.3 is 0 Å². The average Bonchev–Trinajstić information content (AvgIpc) is 2.60. The molecule has 0 aliphatic rings. The number of hydrogen-bond donors (Lipinski definition) is 0. The van der Waals surface area contributed by atoms with Crippen LogP contribution in [0.25, 0.3) is 10.9 Å². The van der Waals surface area contributed by atoms with Crippen LogP contribution >= 0.6 is 0 Å². The SMILES string of the molecule is CCCc1c(CC)c(C)cc2ccn(C)c12. The van der Waals surface area contributed by atoms with Crippen molar-refractivity contribution in [3.8, 4) is 0 Å². The van der Waals surface area contributed by atoms with Crippen LogP contribution in [0.4, 0.5) is 0 Å². The Kier molecular flexibility index (Phi) is 3.04. The van der Waals surface area contributed by atoms with Gasteiger partial charge in [-0.25, -0.2) is 0 Å². The van der Waals surface area contributed by atoms with E-state index in [1.165, 1.54) is 29.3 Å². The van der Waals surface area contributed by atoms with Crippen LogP contribution in [-0.2, 0) is 19.9 Å². The van der Waals surface area contributed by atoms with Gasteiger partial charge in [-0.05, 0) is 48.6 Å². The van der Waals surface area contributed by atoms with Crippen LogP contribution in [0.3, 0.4) is 0 Å². The van der Waals surface area contributed by atoms with Crippen LogP contribution in [0, 0.1) is 6.92 Å². The van der Waals surface area contributed by atoms with Crippen LogP contribution in [0.15, 0.2) is 18.3 Å². The molecule has 0 amide bonds. The second-order valence-electron chi connectivity index (χ2n) is 4.62. The van der Waals surface area contributed by atoms with Crippen molar-refractivity contribution in [2.75, 3.05) is 0 Å². The Morgan fingerprint density at radius 3 is 2.56 bits per heavy atom. The summed E-state index contributed by atoms with van der Waals surface area (Å²) in [7, 11) is 2.15. The second-order valence-corrected chi connectivity index (χ2v) is 4.62. The molecule has 2 rings (SSSR count). The molecule has 0 N–H and O–H groups in total. The first-order valence-corrected chi connectivity index (χ1v) is 6.25. The minimum atomic E-state index is 1.14. The Labute approximate surface area is 98.1 Å². The molecular formula is C15H21N. The monoisotopic (exact) mass is 215 g/mol. The zero-order valence-corrected chi connectivity index (χ0v) is 10.8. The maximum Gasteiger partial charge on any atom is 0.0513 e. The Balaban J connectivity index is 2.79. The van der Waals surface area contributed by atoms with Crippen molar-refractivity contribution in [1.82, 2.24) is 4.57 Å². The first-order chi connectivity index (χ1) is 7.69. The van der Waals surface area contributed by atoms with Gasteiger partial charge in [0.15, 0.2) is 0 Å². The van der Waals surface area contributed by atoms with E-state index in [1.54, 1.807) is 11.1 Å². The summed E-state index contributed by atoms with van der Waals surface area (Å²) in [5, 5.41) is 1.39. The predicted molar refractivity (Wildman–Crippen MR) is 71.0 cm³/mol. The van der Waals surface area contributed by atoms with Crippen LogP contribution in [0.5, 0.6) is 0 Å². The largest absolute Gasteiger partial charge is 0.350 e. The lowest BCUT2D eigenvalue weighted by Gasteiger charge is -2.14. The molecule has 0 spiro atoms. The van der Waals surface area contributed by atoms with Crippen molar-refractivity contribution in [3.05, 3.63) is 35.0 Å². The molecule has 1 aromatic heterocycles. The van der Waals surface area contributed by atoms with E-state index in [2.05, 4.69) is 50.7 Å². The molecule has 0 saturated carbocycles. The molecule has 0 aliphatic carbocycles. The molecule has 16 heavy (non-hydrogen) atoms. The molecular weight excluding hydrogens is 194 g/mol.